The van der Waals surface area contributed by atoms with Gasteiger partial charge in [0.2, 0.25) is 5.79 Å². The first-order valence-corrected chi connectivity index (χ1v) is 5.01. The van der Waals surface area contributed by atoms with Crippen LogP contribution in [0, 0.1) is 0 Å². The lowest BCUT2D eigenvalue weighted by atomic mass is 10.1. The quantitative estimate of drug-likeness (QED) is 0.357. The van der Waals surface area contributed by atoms with E-state index in [1.54, 1.807) is 0 Å². The first kappa shape index (κ1) is 10.6. The second-order valence-electron chi connectivity index (χ2n) is 2.75. The summed E-state index contributed by atoms with van der Waals surface area (Å²) < 4.78 is 5.31. The Bertz CT molecular complexity index is 166. The Hall–Kier alpha value is 0.530. The van der Waals surface area contributed by atoms with Gasteiger partial charge >= 0.3 is 0 Å². The van der Waals surface area contributed by atoms with Crippen molar-refractivity contribution in [3.8, 4) is 0 Å². The number of halogens is 1. The average Bonchev–Trinajstić information content (AvgIpc) is 2.31. The molecular weight excluding hydrogens is 279 g/mol. The predicted octanol–water partition coefficient (Wildman–Crippen LogP) is -1.78. The van der Waals surface area contributed by atoms with Gasteiger partial charge in [-0.2, -0.15) is 0 Å². The van der Waals surface area contributed by atoms with Crippen LogP contribution in [0.15, 0.2) is 0 Å². The van der Waals surface area contributed by atoms with Crippen LogP contribution in [0.25, 0.3) is 0 Å². The molecule has 72 valence electrons. The highest BCUT2D eigenvalue weighted by Crippen LogP contribution is 2.29. The Balaban J connectivity index is 2.72. The van der Waals surface area contributed by atoms with Crippen molar-refractivity contribution >= 4 is 22.6 Å². The molecular formula is C6H11IO5. The van der Waals surface area contributed by atoms with Gasteiger partial charge in [0.25, 0.3) is 0 Å². The molecule has 0 amide bonds. The third kappa shape index (κ3) is 1.59. The van der Waals surface area contributed by atoms with Gasteiger partial charge < -0.3 is 25.2 Å². The van der Waals surface area contributed by atoms with Crippen molar-refractivity contribution < 1.29 is 25.2 Å². The van der Waals surface area contributed by atoms with E-state index in [2.05, 4.69) is 0 Å². The van der Waals surface area contributed by atoms with Gasteiger partial charge in [-0.05, 0) is 0 Å². The van der Waals surface area contributed by atoms with Gasteiger partial charge in [-0.1, -0.05) is 22.6 Å². The van der Waals surface area contributed by atoms with Crippen LogP contribution in [0.1, 0.15) is 0 Å². The summed E-state index contributed by atoms with van der Waals surface area (Å²) in [6.45, 7) is -0.724. The smallest absolute Gasteiger partial charge is 0.219 e. The molecule has 0 aromatic carbocycles. The first-order chi connectivity index (χ1) is 5.55. The molecule has 0 spiro atoms. The highest BCUT2D eigenvalue weighted by Gasteiger charge is 2.52. The minimum Gasteiger partial charge on any atom is -0.391 e. The van der Waals surface area contributed by atoms with Crippen LogP contribution in [0.3, 0.4) is 0 Å². The van der Waals surface area contributed by atoms with Crippen LogP contribution in [0.4, 0.5) is 0 Å². The van der Waals surface area contributed by atoms with Crippen LogP contribution in [-0.4, -0.2) is 55.6 Å². The number of rotatable bonds is 2. The Morgan fingerprint density at radius 1 is 1.42 bits per heavy atom. The largest absolute Gasteiger partial charge is 0.391 e. The minimum absolute atomic E-state index is 0.443. The standard InChI is InChI=1S/C6H11IO5/c7-1-3-4(9)5(10)6(11,2-8)12-3/h3-5,8-11H,1-2H2/t3-,4-,5+,6?/m1/s1. The van der Waals surface area contributed by atoms with E-state index in [-0.39, 0.29) is 0 Å². The highest BCUT2D eigenvalue weighted by atomic mass is 127. The highest BCUT2D eigenvalue weighted by molar-refractivity contribution is 14.1. The summed E-state index contributed by atoms with van der Waals surface area (Å²) in [5, 5.41) is 36.5. The molecule has 1 unspecified atom stereocenters. The van der Waals surface area contributed by atoms with Gasteiger partial charge in [0.05, 0.1) is 12.7 Å². The van der Waals surface area contributed by atoms with E-state index in [4.69, 9.17) is 9.84 Å². The van der Waals surface area contributed by atoms with Gasteiger partial charge in [-0.25, -0.2) is 0 Å². The SMILES string of the molecule is OCC1(O)O[C@H](CI)[C@@H](O)[C@@H]1O. The molecule has 0 bridgehead atoms. The van der Waals surface area contributed by atoms with Gasteiger partial charge in [-0.15, -0.1) is 0 Å². The zero-order valence-corrected chi connectivity index (χ0v) is 8.38. The molecule has 0 saturated carbocycles. The van der Waals surface area contributed by atoms with Gasteiger partial charge in [-0.3, -0.25) is 0 Å². The van der Waals surface area contributed by atoms with E-state index in [0.29, 0.717) is 4.43 Å². The zero-order valence-electron chi connectivity index (χ0n) is 6.22. The Labute approximate surface area is 83.1 Å². The van der Waals surface area contributed by atoms with E-state index in [1.807, 2.05) is 22.6 Å². The van der Waals surface area contributed by atoms with Crippen molar-refractivity contribution in [1.82, 2.24) is 0 Å². The third-order valence-electron chi connectivity index (χ3n) is 1.90. The number of aliphatic hydroxyl groups is 4. The maximum atomic E-state index is 9.35. The molecule has 0 aliphatic carbocycles. The molecule has 0 aromatic heterocycles. The molecule has 4 atom stereocenters. The second-order valence-corrected chi connectivity index (χ2v) is 3.63. The fraction of sp³-hybridized carbons (Fsp3) is 1.00. The van der Waals surface area contributed by atoms with E-state index >= 15 is 0 Å². The van der Waals surface area contributed by atoms with E-state index in [0.717, 1.165) is 0 Å². The molecule has 5 nitrogen and oxygen atoms in total. The van der Waals surface area contributed by atoms with Crippen LogP contribution in [0.5, 0.6) is 0 Å². The van der Waals surface area contributed by atoms with Crippen LogP contribution in [-0.2, 0) is 4.74 Å². The number of ether oxygens (including phenoxy) is 1. The van der Waals surface area contributed by atoms with Crippen molar-refractivity contribution in [3.63, 3.8) is 0 Å². The summed E-state index contributed by atoms with van der Waals surface area (Å²) >= 11 is 1.96. The summed E-state index contributed by atoms with van der Waals surface area (Å²) in [6.07, 6.45) is -3.21. The molecule has 0 aromatic rings. The zero-order chi connectivity index (χ0) is 9.35. The molecule has 1 rings (SSSR count). The summed E-state index contributed by atoms with van der Waals surface area (Å²) in [6, 6.07) is 0. The number of hydrogen-bond acceptors (Lipinski definition) is 5. The lowest BCUT2D eigenvalue weighted by Crippen LogP contribution is -2.46. The van der Waals surface area contributed by atoms with Crippen molar-refractivity contribution in [3.05, 3.63) is 0 Å². The molecule has 1 fully saturated rings. The number of alkyl halides is 1. The van der Waals surface area contributed by atoms with E-state index < -0.39 is 30.7 Å². The van der Waals surface area contributed by atoms with Crippen LogP contribution in [0.2, 0.25) is 0 Å². The molecule has 1 saturated heterocycles. The van der Waals surface area contributed by atoms with Crippen molar-refractivity contribution in [2.24, 2.45) is 0 Å². The molecule has 6 heteroatoms. The van der Waals surface area contributed by atoms with Gasteiger partial charge in [0.1, 0.15) is 12.2 Å². The van der Waals surface area contributed by atoms with Gasteiger partial charge in [0, 0.05) is 4.43 Å². The van der Waals surface area contributed by atoms with Crippen molar-refractivity contribution in [2.45, 2.75) is 24.1 Å². The molecule has 4 N–H and O–H groups in total. The maximum Gasteiger partial charge on any atom is 0.219 e. The normalized spacial score (nSPS) is 48.2. The molecule has 1 heterocycles. The number of aliphatic hydroxyl groups excluding tert-OH is 3. The average molecular weight is 290 g/mol. The van der Waals surface area contributed by atoms with E-state index in [9.17, 15) is 15.3 Å². The van der Waals surface area contributed by atoms with E-state index in [1.165, 1.54) is 0 Å². The maximum absolute atomic E-state index is 9.35. The lowest BCUT2D eigenvalue weighted by molar-refractivity contribution is -0.243. The third-order valence-corrected chi connectivity index (χ3v) is 2.77. The summed E-state index contributed by atoms with van der Waals surface area (Å²) in [7, 11) is 0. The Morgan fingerprint density at radius 3 is 2.25 bits per heavy atom. The summed E-state index contributed by atoms with van der Waals surface area (Å²) in [5.41, 5.74) is 0. The summed E-state index contributed by atoms with van der Waals surface area (Å²) in [4.78, 5) is 0. The van der Waals surface area contributed by atoms with Crippen LogP contribution < -0.4 is 0 Å². The Morgan fingerprint density at radius 2 is 2.00 bits per heavy atom. The molecule has 1 aliphatic heterocycles. The lowest BCUT2D eigenvalue weighted by Gasteiger charge is -2.22. The minimum atomic E-state index is -2.00. The van der Waals surface area contributed by atoms with Gasteiger partial charge in [0.15, 0.2) is 0 Å². The molecule has 12 heavy (non-hydrogen) atoms. The predicted molar refractivity (Wildman–Crippen MR) is 47.8 cm³/mol. The second kappa shape index (κ2) is 3.72. The topological polar surface area (TPSA) is 90.2 Å². The van der Waals surface area contributed by atoms with Crippen molar-refractivity contribution in [1.29, 1.82) is 0 Å². The molecule has 1 aliphatic rings. The monoisotopic (exact) mass is 290 g/mol. The first-order valence-electron chi connectivity index (χ1n) is 3.48. The summed E-state index contributed by atoms with van der Waals surface area (Å²) in [5.74, 6) is -2.00. The Kier molecular flexibility index (Phi) is 3.29. The van der Waals surface area contributed by atoms with Crippen LogP contribution >= 0.6 is 22.6 Å². The fourth-order valence-corrected chi connectivity index (χ4v) is 1.83. The fourth-order valence-electron chi connectivity index (χ4n) is 1.13. The number of hydrogen-bond donors (Lipinski definition) is 4. The molecule has 0 radical (unpaired) electrons. The van der Waals surface area contributed by atoms with Crippen molar-refractivity contribution in [2.75, 3.05) is 11.0 Å².